The van der Waals surface area contributed by atoms with E-state index in [-0.39, 0.29) is 12.4 Å². The number of aryl methyl sites for hydroxylation is 1. The second-order valence-electron chi connectivity index (χ2n) is 3.97. The minimum Gasteiger partial charge on any atom is -0.337 e. The van der Waals surface area contributed by atoms with Crippen LogP contribution in [0.15, 0.2) is 21.6 Å². The number of aromatic nitrogens is 3. The Morgan fingerprint density at radius 2 is 2.15 bits per heavy atom. The van der Waals surface area contributed by atoms with Crippen molar-refractivity contribution in [2.45, 2.75) is 26.1 Å². The number of halogens is 4. The Balaban J connectivity index is 2.40. The first kappa shape index (κ1) is 14.6. The topological polar surface area (TPSA) is 60.9 Å². The van der Waals surface area contributed by atoms with E-state index < -0.39 is 22.3 Å². The number of rotatable bonds is 3. The first-order valence-corrected chi connectivity index (χ1v) is 5.97. The zero-order chi connectivity index (χ0) is 14.9. The van der Waals surface area contributed by atoms with E-state index in [0.717, 1.165) is 4.57 Å². The molecule has 0 aromatic carbocycles. The zero-order valence-electron chi connectivity index (χ0n) is 10.2. The number of pyridine rings is 1. The molecule has 0 unspecified atom stereocenters. The van der Waals surface area contributed by atoms with Crippen LogP contribution in [0.2, 0.25) is 5.02 Å². The van der Waals surface area contributed by atoms with Gasteiger partial charge < -0.3 is 9.09 Å². The summed E-state index contributed by atoms with van der Waals surface area (Å²) < 4.78 is 43.6. The summed E-state index contributed by atoms with van der Waals surface area (Å²) in [7, 11) is 0. The van der Waals surface area contributed by atoms with Gasteiger partial charge in [0.15, 0.2) is 5.82 Å². The molecular formula is C11H9ClF3N3O2. The van der Waals surface area contributed by atoms with E-state index in [4.69, 9.17) is 16.1 Å². The normalized spacial score (nSPS) is 11.8. The summed E-state index contributed by atoms with van der Waals surface area (Å²) in [6.07, 6.45) is -3.41. The van der Waals surface area contributed by atoms with Gasteiger partial charge in [0.2, 0.25) is 5.89 Å². The fraction of sp³-hybridized carbons (Fsp3) is 0.364. The van der Waals surface area contributed by atoms with Crippen molar-refractivity contribution >= 4 is 11.6 Å². The van der Waals surface area contributed by atoms with Crippen molar-refractivity contribution in [1.29, 1.82) is 0 Å². The Labute approximate surface area is 116 Å². The fourth-order valence-electron chi connectivity index (χ4n) is 1.52. The van der Waals surface area contributed by atoms with Crippen LogP contribution >= 0.6 is 11.6 Å². The molecule has 2 aromatic rings. The molecule has 9 heteroatoms. The molecule has 0 N–H and O–H groups in total. The van der Waals surface area contributed by atoms with E-state index in [0.29, 0.717) is 24.5 Å². The molecule has 0 radical (unpaired) electrons. The number of nitrogens with zero attached hydrogens (tertiary/aromatic N) is 3. The molecule has 108 valence electrons. The third-order valence-corrected chi connectivity index (χ3v) is 2.77. The highest BCUT2D eigenvalue weighted by molar-refractivity contribution is 6.30. The van der Waals surface area contributed by atoms with Gasteiger partial charge in [0.1, 0.15) is 11.6 Å². The first-order chi connectivity index (χ1) is 9.31. The molecule has 0 aliphatic rings. The summed E-state index contributed by atoms with van der Waals surface area (Å²) in [6.45, 7) is 1.53. The van der Waals surface area contributed by atoms with Crippen LogP contribution in [-0.4, -0.2) is 14.7 Å². The maximum Gasteiger partial charge on any atom is 0.417 e. The van der Waals surface area contributed by atoms with Crippen molar-refractivity contribution in [3.8, 4) is 0 Å². The maximum atomic E-state index is 12.7. The van der Waals surface area contributed by atoms with Gasteiger partial charge in [0, 0.05) is 12.6 Å². The van der Waals surface area contributed by atoms with Crippen LogP contribution in [-0.2, 0) is 19.1 Å². The number of hydrogen-bond donors (Lipinski definition) is 0. The predicted octanol–water partition coefficient (Wildman–Crippen LogP) is 2.51. The van der Waals surface area contributed by atoms with Gasteiger partial charge in [0.25, 0.3) is 5.56 Å². The molecule has 2 rings (SSSR count). The molecule has 0 spiro atoms. The quantitative estimate of drug-likeness (QED) is 0.874. The van der Waals surface area contributed by atoms with Crippen LogP contribution in [0.1, 0.15) is 24.2 Å². The molecule has 0 bridgehead atoms. The lowest BCUT2D eigenvalue weighted by Gasteiger charge is -2.10. The first-order valence-electron chi connectivity index (χ1n) is 5.60. The lowest BCUT2D eigenvalue weighted by molar-refractivity contribution is -0.138. The monoisotopic (exact) mass is 307 g/mol. The Morgan fingerprint density at radius 3 is 2.70 bits per heavy atom. The third-order valence-electron chi connectivity index (χ3n) is 2.50. The molecule has 0 amide bonds. The van der Waals surface area contributed by atoms with Gasteiger partial charge in [-0.2, -0.15) is 18.2 Å². The van der Waals surface area contributed by atoms with Crippen molar-refractivity contribution in [1.82, 2.24) is 14.7 Å². The zero-order valence-corrected chi connectivity index (χ0v) is 11.0. The molecule has 0 atom stereocenters. The summed E-state index contributed by atoms with van der Waals surface area (Å²) in [5.74, 6) is 0.450. The minimum atomic E-state index is -4.59. The van der Waals surface area contributed by atoms with E-state index in [1.54, 1.807) is 6.92 Å². The average molecular weight is 308 g/mol. The smallest absolute Gasteiger partial charge is 0.337 e. The van der Waals surface area contributed by atoms with Crippen molar-refractivity contribution in [2.24, 2.45) is 0 Å². The van der Waals surface area contributed by atoms with Crippen molar-refractivity contribution in [3.63, 3.8) is 0 Å². The van der Waals surface area contributed by atoms with E-state index in [2.05, 4.69) is 10.1 Å². The van der Waals surface area contributed by atoms with Crippen LogP contribution in [0.3, 0.4) is 0 Å². The molecule has 2 heterocycles. The highest BCUT2D eigenvalue weighted by atomic mass is 35.5. The van der Waals surface area contributed by atoms with Crippen LogP contribution in [0.5, 0.6) is 0 Å². The Bertz CT molecular complexity index is 678. The second kappa shape index (κ2) is 5.28. The Kier molecular flexibility index (Phi) is 3.85. The van der Waals surface area contributed by atoms with Gasteiger partial charge in [-0.1, -0.05) is 23.7 Å². The molecule has 0 saturated carbocycles. The van der Waals surface area contributed by atoms with Crippen LogP contribution in [0, 0.1) is 0 Å². The van der Waals surface area contributed by atoms with Crippen LogP contribution < -0.4 is 5.56 Å². The molecule has 2 aromatic heterocycles. The van der Waals surface area contributed by atoms with Gasteiger partial charge in [0.05, 0.1) is 5.56 Å². The van der Waals surface area contributed by atoms with Crippen LogP contribution in [0.25, 0.3) is 0 Å². The van der Waals surface area contributed by atoms with Crippen molar-refractivity contribution in [2.75, 3.05) is 0 Å². The van der Waals surface area contributed by atoms with Crippen molar-refractivity contribution in [3.05, 3.63) is 44.9 Å². The average Bonchev–Trinajstić information content (AvgIpc) is 2.81. The van der Waals surface area contributed by atoms with Gasteiger partial charge >= 0.3 is 6.18 Å². The van der Waals surface area contributed by atoms with E-state index >= 15 is 0 Å². The van der Waals surface area contributed by atoms with Crippen LogP contribution in [0.4, 0.5) is 13.2 Å². The Hall–Kier alpha value is -1.83. The second-order valence-corrected chi connectivity index (χ2v) is 4.37. The molecule has 0 aliphatic carbocycles. The molecule has 0 fully saturated rings. The molecule has 0 aliphatic heterocycles. The minimum absolute atomic E-state index is 0.0411. The summed E-state index contributed by atoms with van der Waals surface area (Å²) in [5, 5.41) is 3.08. The van der Waals surface area contributed by atoms with E-state index in [1.165, 1.54) is 0 Å². The van der Waals surface area contributed by atoms with E-state index in [1.807, 2.05) is 0 Å². The largest absolute Gasteiger partial charge is 0.417 e. The van der Waals surface area contributed by atoms with Gasteiger partial charge in [-0.15, -0.1) is 0 Å². The van der Waals surface area contributed by atoms with E-state index in [9.17, 15) is 18.0 Å². The lowest BCUT2D eigenvalue weighted by atomic mass is 10.2. The van der Waals surface area contributed by atoms with Gasteiger partial charge in [-0.05, 0) is 6.07 Å². The molecule has 0 saturated heterocycles. The SMILES string of the molecule is CCc1noc(Cn2cc(C(F)(F)F)cc(Cl)c2=O)n1. The summed E-state index contributed by atoms with van der Waals surface area (Å²) in [4.78, 5) is 15.6. The van der Waals surface area contributed by atoms with Gasteiger partial charge in [-0.3, -0.25) is 4.79 Å². The standard InChI is InChI=1S/C11H9ClF3N3O2/c1-2-8-16-9(20-17-8)5-18-4-6(11(13,14)15)3-7(12)10(18)19/h3-4H,2,5H2,1H3. The molecular weight excluding hydrogens is 299 g/mol. The number of alkyl halides is 3. The summed E-state index contributed by atoms with van der Waals surface area (Å²) in [5.41, 5.74) is -1.77. The maximum absolute atomic E-state index is 12.7. The lowest BCUT2D eigenvalue weighted by Crippen LogP contribution is -2.23. The highest BCUT2D eigenvalue weighted by Gasteiger charge is 2.32. The predicted molar refractivity (Wildman–Crippen MR) is 63.5 cm³/mol. The highest BCUT2D eigenvalue weighted by Crippen LogP contribution is 2.29. The fourth-order valence-corrected chi connectivity index (χ4v) is 1.74. The summed E-state index contributed by atoms with van der Waals surface area (Å²) >= 11 is 5.52. The number of hydrogen-bond acceptors (Lipinski definition) is 4. The Morgan fingerprint density at radius 1 is 1.45 bits per heavy atom. The third kappa shape index (κ3) is 3.01. The molecule has 20 heavy (non-hydrogen) atoms. The van der Waals surface area contributed by atoms with Gasteiger partial charge in [-0.25, -0.2) is 0 Å². The summed E-state index contributed by atoms with van der Waals surface area (Å²) in [6, 6.07) is 0.589. The molecule has 5 nitrogen and oxygen atoms in total. The van der Waals surface area contributed by atoms with Crippen molar-refractivity contribution < 1.29 is 17.7 Å².